The van der Waals surface area contributed by atoms with Gasteiger partial charge in [-0.25, -0.2) is 4.98 Å². The number of H-pyrrole nitrogens is 1. The maximum atomic E-state index is 5.43. The summed E-state index contributed by atoms with van der Waals surface area (Å²) in [5.41, 5.74) is 5.34. The Morgan fingerprint density at radius 1 is 1.20 bits per heavy atom. The van der Waals surface area contributed by atoms with Crippen molar-refractivity contribution >= 4 is 23.4 Å². The Morgan fingerprint density at radius 2 is 1.90 bits per heavy atom. The summed E-state index contributed by atoms with van der Waals surface area (Å²) >= 11 is 5.43. The van der Waals surface area contributed by atoms with E-state index in [1.54, 1.807) is 0 Å². The lowest BCUT2D eigenvalue weighted by Crippen LogP contribution is -1.96. The van der Waals surface area contributed by atoms with Gasteiger partial charge in [0.2, 0.25) is 0 Å². The number of nitrogens with one attached hydrogen (secondary N) is 1. The first-order valence-corrected chi connectivity index (χ1v) is 7.15. The Balaban J connectivity index is 2.19. The summed E-state index contributed by atoms with van der Waals surface area (Å²) < 4.78 is 2.66. The van der Waals surface area contributed by atoms with Crippen LogP contribution in [0.5, 0.6) is 0 Å². The Morgan fingerprint density at radius 3 is 2.55 bits per heavy atom. The van der Waals surface area contributed by atoms with E-state index in [0.717, 1.165) is 22.4 Å². The topological polar surface area (TPSA) is 33.6 Å². The van der Waals surface area contributed by atoms with Crippen molar-refractivity contribution in [2.24, 2.45) is 0 Å². The van der Waals surface area contributed by atoms with Gasteiger partial charge >= 0.3 is 0 Å². The van der Waals surface area contributed by atoms with E-state index in [1.807, 2.05) is 17.7 Å². The zero-order valence-corrected chi connectivity index (χ0v) is 12.7. The van der Waals surface area contributed by atoms with Crippen LogP contribution in [0.2, 0.25) is 0 Å². The van der Waals surface area contributed by atoms with E-state index in [1.165, 1.54) is 5.56 Å². The second-order valence-electron chi connectivity index (χ2n) is 5.40. The first kappa shape index (κ1) is 13.1. The van der Waals surface area contributed by atoms with Gasteiger partial charge in [0.1, 0.15) is 0 Å². The average Bonchev–Trinajstić information content (AvgIpc) is 2.73. The summed E-state index contributed by atoms with van der Waals surface area (Å²) in [7, 11) is 0. The fourth-order valence-corrected chi connectivity index (χ4v) is 2.65. The second kappa shape index (κ2) is 4.87. The first-order valence-electron chi connectivity index (χ1n) is 6.74. The monoisotopic (exact) mass is 283 g/mol. The molecule has 0 radical (unpaired) electrons. The number of nitrogens with zero attached hydrogens (tertiary/aromatic N) is 2. The number of aromatic amines is 1. The van der Waals surface area contributed by atoms with Crippen molar-refractivity contribution in [3.05, 3.63) is 52.4 Å². The average molecular weight is 283 g/mol. The quantitative estimate of drug-likeness (QED) is 0.702. The maximum absolute atomic E-state index is 5.43. The molecule has 3 nitrogen and oxygen atoms in total. The third kappa shape index (κ3) is 2.16. The van der Waals surface area contributed by atoms with Gasteiger partial charge in [0, 0.05) is 11.9 Å². The summed E-state index contributed by atoms with van der Waals surface area (Å²) in [6.45, 7) is 6.41. The molecule has 0 saturated heterocycles. The van der Waals surface area contributed by atoms with E-state index in [-0.39, 0.29) is 0 Å². The number of benzene rings is 1. The van der Waals surface area contributed by atoms with Crippen molar-refractivity contribution in [1.82, 2.24) is 14.5 Å². The number of pyridine rings is 1. The van der Waals surface area contributed by atoms with Crippen LogP contribution in [-0.2, 0) is 0 Å². The second-order valence-corrected chi connectivity index (χ2v) is 5.78. The van der Waals surface area contributed by atoms with Gasteiger partial charge in [-0.3, -0.25) is 4.57 Å². The number of hydrogen-bond acceptors (Lipinski definition) is 2. The lowest BCUT2D eigenvalue weighted by atomic mass is 10.0. The lowest BCUT2D eigenvalue weighted by Gasteiger charge is -2.08. The molecule has 20 heavy (non-hydrogen) atoms. The third-order valence-electron chi connectivity index (χ3n) is 3.48. The van der Waals surface area contributed by atoms with E-state index in [0.29, 0.717) is 10.7 Å². The highest BCUT2D eigenvalue weighted by Crippen LogP contribution is 2.21. The fourth-order valence-electron chi connectivity index (χ4n) is 2.35. The summed E-state index contributed by atoms with van der Waals surface area (Å²) in [6.07, 6.45) is 1.87. The van der Waals surface area contributed by atoms with E-state index >= 15 is 0 Å². The van der Waals surface area contributed by atoms with Crippen LogP contribution in [0.15, 0.2) is 36.5 Å². The number of aromatic nitrogens is 3. The molecule has 0 amide bonds. The van der Waals surface area contributed by atoms with Gasteiger partial charge in [-0.1, -0.05) is 26.0 Å². The molecule has 1 N–H and O–H groups in total. The van der Waals surface area contributed by atoms with Gasteiger partial charge in [-0.05, 0) is 54.4 Å². The van der Waals surface area contributed by atoms with Crippen molar-refractivity contribution in [2.75, 3.05) is 0 Å². The largest absolute Gasteiger partial charge is 0.329 e. The van der Waals surface area contributed by atoms with Crippen molar-refractivity contribution < 1.29 is 0 Å². The molecule has 0 saturated carbocycles. The van der Waals surface area contributed by atoms with Gasteiger partial charge in [0.15, 0.2) is 10.4 Å². The van der Waals surface area contributed by atoms with Crippen LogP contribution in [0.25, 0.3) is 16.9 Å². The molecule has 0 aliphatic heterocycles. The number of hydrogen-bond donors (Lipinski definition) is 1. The zero-order valence-electron chi connectivity index (χ0n) is 11.8. The fraction of sp³-hybridized carbons (Fsp3) is 0.250. The van der Waals surface area contributed by atoms with Crippen LogP contribution in [0, 0.1) is 11.7 Å². The number of aryl methyl sites for hydroxylation is 1. The molecule has 1 aromatic carbocycles. The van der Waals surface area contributed by atoms with Crippen molar-refractivity contribution in [3.8, 4) is 5.69 Å². The first-order chi connectivity index (χ1) is 9.56. The molecule has 4 heteroatoms. The molecule has 0 aliphatic carbocycles. The Labute approximate surface area is 123 Å². The molecule has 3 rings (SSSR count). The molecule has 2 aromatic heterocycles. The Kier molecular flexibility index (Phi) is 3.18. The molecular formula is C16H17N3S. The van der Waals surface area contributed by atoms with E-state index in [2.05, 4.69) is 54.1 Å². The van der Waals surface area contributed by atoms with E-state index < -0.39 is 0 Å². The predicted molar refractivity (Wildman–Crippen MR) is 85.1 cm³/mol. The van der Waals surface area contributed by atoms with E-state index in [4.69, 9.17) is 12.2 Å². The molecule has 0 spiro atoms. The lowest BCUT2D eigenvalue weighted by molar-refractivity contribution is 0.865. The van der Waals surface area contributed by atoms with Crippen molar-refractivity contribution in [2.45, 2.75) is 26.7 Å². The zero-order chi connectivity index (χ0) is 14.3. The van der Waals surface area contributed by atoms with Crippen LogP contribution < -0.4 is 0 Å². The van der Waals surface area contributed by atoms with Gasteiger partial charge in [0.25, 0.3) is 0 Å². The molecule has 2 heterocycles. The van der Waals surface area contributed by atoms with Crippen molar-refractivity contribution in [3.63, 3.8) is 0 Å². The maximum Gasteiger partial charge on any atom is 0.183 e. The minimum absolute atomic E-state index is 0.528. The molecule has 0 atom stereocenters. The summed E-state index contributed by atoms with van der Waals surface area (Å²) in [6, 6.07) is 10.6. The highest BCUT2D eigenvalue weighted by molar-refractivity contribution is 7.71. The molecule has 0 unspecified atom stereocenters. The van der Waals surface area contributed by atoms with Crippen LogP contribution in [0.3, 0.4) is 0 Å². The van der Waals surface area contributed by atoms with Crippen LogP contribution >= 0.6 is 12.2 Å². The minimum atomic E-state index is 0.528. The third-order valence-corrected chi connectivity index (χ3v) is 3.76. The number of fused-ring (bicyclic) bond motifs is 1. The van der Waals surface area contributed by atoms with Crippen LogP contribution in [0.4, 0.5) is 0 Å². The molecule has 3 aromatic rings. The van der Waals surface area contributed by atoms with Gasteiger partial charge < -0.3 is 4.98 Å². The molecule has 0 aliphatic rings. The predicted octanol–water partition coefficient (Wildman–Crippen LogP) is 4.51. The number of imidazole rings is 1. The van der Waals surface area contributed by atoms with Crippen LogP contribution in [-0.4, -0.2) is 14.5 Å². The molecule has 0 bridgehead atoms. The normalized spacial score (nSPS) is 11.4. The smallest absolute Gasteiger partial charge is 0.183 e. The molecule has 0 fully saturated rings. The Bertz CT molecular complexity index is 810. The standard InChI is InChI=1S/C16H17N3S/c1-10(2)12-4-6-13(7-5-12)19-15-14(18-16(19)20)8-11(3)9-17-15/h4-10H,1-3H3,(H,18,20). The van der Waals surface area contributed by atoms with Gasteiger partial charge in [-0.15, -0.1) is 0 Å². The van der Waals surface area contributed by atoms with Gasteiger partial charge in [-0.2, -0.15) is 0 Å². The SMILES string of the molecule is Cc1cnc2c(c1)[nH]c(=S)n2-c1ccc(C(C)C)cc1. The van der Waals surface area contributed by atoms with Crippen LogP contribution in [0.1, 0.15) is 30.9 Å². The minimum Gasteiger partial charge on any atom is -0.329 e. The molecular weight excluding hydrogens is 266 g/mol. The highest BCUT2D eigenvalue weighted by atomic mass is 32.1. The van der Waals surface area contributed by atoms with Crippen molar-refractivity contribution in [1.29, 1.82) is 0 Å². The summed E-state index contributed by atoms with van der Waals surface area (Å²) in [4.78, 5) is 7.72. The highest BCUT2D eigenvalue weighted by Gasteiger charge is 2.08. The van der Waals surface area contributed by atoms with E-state index in [9.17, 15) is 0 Å². The summed E-state index contributed by atoms with van der Waals surface area (Å²) in [5, 5.41) is 0. The number of rotatable bonds is 2. The van der Waals surface area contributed by atoms with Gasteiger partial charge in [0.05, 0.1) is 5.52 Å². The summed E-state index contributed by atoms with van der Waals surface area (Å²) in [5.74, 6) is 0.528. The molecule has 102 valence electrons. The Hall–Kier alpha value is -1.94.